The molecule has 0 bridgehead atoms. The van der Waals surface area contributed by atoms with E-state index in [1.165, 1.54) is 0 Å². The minimum atomic E-state index is -3.56. The Morgan fingerprint density at radius 3 is 2.00 bits per heavy atom. The van der Waals surface area contributed by atoms with Crippen molar-refractivity contribution in [3.05, 3.63) is 30.3 Å². The van der Waals surface area contributed by atoms with Crippen LogP contribution in [0.3, 0.4) is 0 Å². The van der Waals surface area contributed by atoms with Gasteiger partial charge in [-0.2, -0.15) is 13.5 Å². The summed E-state index contributed by atoms with van der Waals surface area (Å²) in [6.45, 7) is 7.98. The maximum absolute atomic E-state index is 12.0. The summed E-state index contributed by atoms with van der Waals surface area (Å²) >= 11 is 0. The predicted octanol–water partition coefficient (Wildman–Crippen LogP) is 2.63. The molecule has 0 unspecified atom stereocenters. The van der Waals surface area contributed by atoms with Gasteiger partial charge in [0, 0.05) is 5.71 Å². The molecule has 5 heteroatoms. The number of nitrogens with one attached hydrogen (secondary N) is 1. The minimum absolute atomic E-state index is 0.212. The van der Waals surface area contributed by atoms with Crippen molar-refractivity contribution in [2.24, 2.45) is 16.9 Å². The molecule has 0 aliphatic carbocycles. The number of nitrogens with zero attached hydrogens (tertiary/aromatic N) is 1. The molecule has 0 aliphatic heterocycles. The van der Waals surface area contributed by atoms with Crippen molar-refractivity contribution in [3.8, 4) is 0 Å². The second-order valence-corrected chi connectivity index (χ2v) is 6.41. The summed E-state index contributed by atoms with van der Waals surface area (Å²) in [7, 11) is -3.56. The Bertz CT molecular complexity index is 495. The Morgan fingerprint density at radius 1 is 1.06 bits per heavy atom. The molecule has 0 saturated heterocycles. The van der Waals surface area contributed by atoms with Crippen LogP contribution in [0.15, 0.2) is 40.3 Å². The molecule has 0 fully saturated rings. The minimum Gasteiger partial charge on any atom is -0.200 e. The molecule has 0 aliphatic rings. The zero-order valence-electron chi connectivity index (χ0n) is 11.2. The first-order chi connectivity index (χ1) is 8.34. The van der Waals surface area contributed by atoms with Crippen LogP contribution >= 0.6 is 0 Å². The number of hydrogen-bond donors (Lipinski definition) is 1. The average molecular weight is 268 g/mol. The molecule has 1 rings (SSSR count). The van der Waals surface area contributed by atoms with Crippen LogP contribution in [-0.2, 0) is 10.0 Å². The molecule has 100 valence electrons. The van der Waals surface area contributed by atoms with Crippen molar-refractivity contribution in [2.75, 3.05) is 0 Å². The van der Waals surface area contributed by atoms with Crippen molar-refractivity contribution in [3.63, 3.8) is 0 Å². The topological polar surface area (TPSA) is 58.5 Å². The van der Waals surface area contributed by atoms with Crippen LogP contribution in [0.4, 0.5) is 0 Å². The normalized spacial score (nSPS) is 11.7. The van der Waals surface area contributed by atoms with Gasteiger partial charge in [0.25, 0.3) is 10.0 Å². The fourth-order valence-corrected chi connectivity index (χ4v) is 2.54. The largest absolute Gasteiger partial charge is 0.276 e. The second-order valence-electron chi connectivity index (χ2n) is 4.75. The highest BCUT2D eigenvalue weighted by Crippen LogP contribution is 2.10. The van der Waals surface area contributed by atoms with Crippen molar-refractivity contribution < 1.29 is 8.42 Å². The molecule has 0 heterocycles. The second kappa shape index (κ2) is 6.00. The lowest BCUT2D eigenvalue weighted by Gasteiger charge is -2.14. The van der Waals surface area contributed by atoms with E-state index in [2.05, 4.69) is 9.93 Å². The van der Waals surface area contributed by atoms with E-state index >= 15 is 0 Å². The van der Waals surface area contributed by atoms with Crippen LogP contribution in [0.1, 0.15) is 27.7 Å². The van der Waals surface area contributed by atoms with E-state index in [1.807, 2.05) is 27.7 Å². The molecule has 0 saturated carbocycles. The number of hydrazone groups is 1. The zero-order valence-corrected chi connectivity index (χ0v) is 12.0. The lowest BCUT2D eigenvalue weighted by atomic mass is 9.98. The highest BCUT2D eigenvalue weighted by molar-refractivity contribution is 7.89. The summed E-state index contributed by atoms with van der Waals surface area (Å²) in [6.07, 6.45) is 0. The Kier molecular flexibility index (Phi) is 4.90. The van der Waals surface area contributed by atoms with Crippen molar-refractivity contribution in [2.45, 2.75) is 32.6 Å². The molecule has 4 nitrogen and oxygen atoms in total. The first-order valence-corrected chi connectivity index (χ1v) is 7.47. The zero-order chi connectivity index (χ0) is 13.8. The molecule has 1 N–H and O–H groups in total. The van der Waals surface area contributed by atoms with Gasteiger partial charge in [0.1, 0.15) is 0 Å². The van der Waals surface area contributed by atoms with E-state index in [9.17, 15) is 8.42 Å². The third-order valence-corrected chi connectivity index (χ3v) is 3.76. The molecule has 1 aromatic carbocycles. The van der Waals surface area contributed by atoms with Gasteiger partial charge in [0.2, 0.25) is 0 Å². The van der Waals surface area contributed by atoms with Gasteiger partial charge in [0.15, 0.2) is 0 Å². The first kappa shape index (κ1) is 14.7. The maximum Gasteiger partial charge on any atom is 0.276 e. The van der Waals surface area contributed by atoms with Crippen LogP contribution in [0, 0.1) is 11.8 Å². The summed E-state index contributed by atoms with van der Waals surface area (Å²) in [5, 5.41) is 4.05. The van der Waals surface area contributed by atoms with Gasteiger partial charge in [0.05, 0.1) is 4.90 Å². The number of hydrogen-bond acceptors (Lipinski definition) is 3. The molecule has 18 heavy (non-hydrogen) atoms. The van der Waals surface area contributed by atoms with Crippen molar-refractivity contribution in [1.82, 2.24) is 4.83 Å². The predicted molar refractivity (Wildman–Crippen MR) is 73.9 cm³/mol. The summed E-state index contributed by atoms with van der Waals surface area (Å²) < 4.78 is 23.9. The molecule has 0 aromatic heterocycles. The molecule has 0 spiro atoms. The van der Waals surface area contributed by atoms with Crippen LogP contribution in [0.25, 0.3) is 0 Å². The van der Waals surface area contributed by atoms with Crippen LogP contribution in [-0.4, -0.2) is 14.1 Å². The summed E-state index contributed by atoms with van der Waals surface area (Å²) in [5.41, 5.74) is 0.842. The Hall–Kier alpha value is -1.36. The summed E-state index contributed by atoms with van der Waals surface area (Å²) in [6, 6.07) is 8.23. The third-order valence-electron chi connectivity index (χ3n) is 2.53. The first-order valence-electron chi connectivity index (χ1n) is 5.99. The Balaban J connectivity index is 2.94. The fraction of sp³-hybridized carbons (Fsp3) is 0.462. The molecular weight excluding hydrogens is 248 g/mol. The monoisotopic (exact) mass is 268 g/mol. The average Bonchev–Trinajstić information content (AvgIpc) is 2.29. The molecule has 0 radical (unpaired) electrons. The van der Waals surface area contributed by atoms with E-state index in [1.54, 1.807) is 30.3 Å². The molecular formula is C13H20N2O2S. The lowest BCUT2D eigenvalue weighted by Crippen LogP contribution is -2.24. The molecule has 0 atom stereocenters. The van der Waals surface area contributed by atoms with Gasteiger partial charge < -0.3 is 0 Å². The van der Waals surface area contributed by atoms with E-state index in [0.717, 1.165) is 5.71 Å². The SMILES string of the molecule is CC(C)C(=NNS(=O)(=O)c1ccccc1)C(C)C. The number of sulfonamides is 1. The number of benzene rings is 1. The Labute approximate surface area is 109 Å². The van der Waals surface area contributed by atoms with E-state index in [4.69, 9.17) is 0 Å². The van der Waals surface area contributed by atoms with Crippen molar-refractivity contribution in [1.29, 1.82) is 0 Å². The highest BCUT2D eigenvalue weighted by Gasteiger charge is 2.15. The molecule has 0 amide bonds. The lowest BCUT2D eigenvalue weighted by molar-refractivity contribution is 0.583. The fourth-order valence-electron chi connectivity index (χ4n) is 1.69. The van der Waals surface area contributed by atoms with E-state index in [0.29, 0.717) is 0 Å². The van der Waals surface area contributed by atoms with Crippen LogP contribution in [0.2, 0.25) is 0 Å². The standard InChI is InChI=1S/C13H20N2O2S/c1-10(2)13(11(3)4)14-15-18(16,17)12-8-6-5-7-9-12/h5-11,15H,1-4H3. The molecule has 1 aromatic rings. The quantitative estimate of drug-likeness (QED) is 0.659. The number of rotatable bonds is 5. The van der Waals surface area contributed by atoms with Gasteiger partial charge in [-0.05, 0) is 24.0 Å². The van der Waals surface area contributed by atoms with E-state index < -0.39 is 10.0 Å². The maximum atomic E-state index is 12.0. The van der Waals surface area contributed by atoms with Gasteiger partial charge in [-0.15, -0.1) is 0 Å². The van der Waals surface area contributed by atoms with Gasteiger partial charge in [-0.3, -0.25) is 0 Å². The van der Waals surface area contributed by atoms with Crippen molar-refractivity contribution >= 4 is 15.7 Å². The smallest absolute Gasteiger partial charge is 0.200 e. The summed E-state index contributed by atoms with van der Waals surface area (Å²) in [5.74, 6) is 0.423. The van der Waals surface area contributed by atoms with Crippen LogP contribution in [0.5, 0.6) is 0 Å². The van der Waals surface area contributed by atoms with E-state index in [-0.39, 0.29) is 16.7 Å². The summed E-state index contributed by atoms with van der Waals surface area (Å²) in [4.78, 5) is 2.52. The van der Waals surface area contributed by atoms with Gasteiger partial charge in [-0.1, -0.05) is 45.9 Å². The van der Waals surface area contributed by atoms with Gasteiger partial charge >= 0.3 is 0 Å². The van der Waals surface area contributed by atoms with Crippen LogP contribution < -0.4 is 4.83 Å². The van der Waals surface area contributed by atoms with Gasteiger partial charge in [-0.25, -0.2) is 4.83 Å². The third kappa shape index (κ3) is 3.84. The Morgan fingerprint density at radius 2 is 1.56 bits per heavy atom. The highest BCUT2D eigenvalue weighted by atomic mass is 32.2.